The molecule has 78 valence electrons. The summed E-state index contributed by atoms with van der Waals surface area (Å²) in [5.74, 6) is 0. The summed E-state index contributed by atoms with van der Waals surface area (Å²) in [5, 5.41) is 11.6. The third-order valence-electron chi connectivity index (χ3n) is 1.35. The number of ether oxygens (including phenoxy) is 1. The van der Waals surface area contributed by atoms with Crippen LogP contribution in [-0.4, -0.2) is 29.4 Å². The highest BCUT2D eigenvalue weighted by atomic mass is 16.6. The van der Waals surface area contributed by atoms with Gasteiger partial charge in [-0.3, -0.25) is 0 Å². The van der Waals surface area contributed by atoms with Crippen LogP contribution in [0.15, 0.2) is 0 Å². The molecule has 0 spiro atoms. The summed E-state index contributed by atoms with van der Waals surface area (Å²) in [6, 6.07) is 0. The molecule has 13 heavy (non-hydrogen) atoms. The molecular formula is C9H19NO3. The average Bonchev–Trinajstić information content (AvgIpc) is 1.97. The highest BCUT2D eigenvalue weighted by Gasteiger charge is 2.16. The van der Waals surface area contributed by atoms with Crippen LogP contribution in [0, 0.1) is 0 Å². The van der Waals surface area contributed by atoms with E-state index < -0.39 is 17.8 Å². The van der Waals surface area contributed by atoms with E-state index in [4.69, 9.17) is 9.84 Å². The van der Waals surface area contributed by atoms with Crippen molar-refractivity contribution in [2.75, 3.05) is 6.54 Å². The molecule has 0 aliphatic rings. The van der Waals surface area contributed by atoms with E-state index >= 15 is 0 Å². The molecular weight excluding hydrogens is 170 g/mol. The second-order valence-corrected chi connectivity index (χ2v) is 3.94. The van der Waals surface area contributed by atoms with Gasteiger partial charge in [0, 0.05) is 6.54 Å². The zero-order valence-corrected chi connectivity index (χ0v) is 8.76. The van der Waals surface area contributed by atoms with Gasteiger partial charge in [-0.15, -0.1) is 0 Å². The molecule has 0 rings (SSSR count). The van der Waals surface area contributed by atoms with E-state index in [1.54, 1.807) is 20.8 Å². The normalized spacial score (nSPS) is 13.6. The zero-order valence-electron chi connectivity index (χ0n) is 8.76. The molecule has 1 atom stereocenters. The number of carbonyl (C=O) groups is 1. The van der Waals surface area contributed by atoms with Gasteiger partial charge in [0.15, 0.2) is 0 Å². The highest BCUT2D eigenvalue weighted by molar-refractivity contribution is 5.67. The van der Waals surface area contributed by atoms with Crippen molar-refractivity contribution in [1.82, 2.24) is 5.32 Å². The first kappa shape index (κ1) is 12.2. The summed E-state index contributed by atoms with van der Waals surface area (Å²) in [6.45, 7) is 7.47. The molecule has 0 aromatic rings. The lowest BCUT2D eigenvalue weighted by Gasteiger charge is -2.20. The van der Waals surface area contributed by atoms with Crippen LogP contribution in [0.4, 0.5) is 4.79 Å². The van der Waals surface area contributed by atoms with Crippen LogP contribution in [0.2, 0.25) is 0 Å². The van der Waals surface area contributed by atoms with Gasteiger partial charge in [-0.1, -0.05) is 6.92 Å². The van der Waals surface area contributed by atoms with Gasteiger partial charge in [-0.2, -0.15) is 0 Å². The predicted molar refractivity (Wildman–Crippen MR) is 50.5 cm³/mol. The maximum Gasteiger partial charge on any atom is 0.407 e. The molecule has 0 saturated heterocycles. The van der Waals surface area contributed by atoms with E-state index in [0.717, 1.165) is 0 Å². The van der Waals surface area contributed by atoms with Crippen LogP contribution in [-0.2, 0) is 4.74 Å². The Bertz CT molecular complexity index is 163. The van der Waals surface area contributed by atoms with Crippen LogP contribution in [0.5, 0.6) is 0 Å². The number of nitrogens with one attached hydrogen (secondary N) is 1. The van der Waals surface area contributed by atoms with E-state index in [0.29, 0.717) is 6.42 Å². The fraction of sp³-hybridized carbons (Fsp3) is 0.889. The van der Waals surface area contributed by atoms with E-state index in [2.05, 4.69) is 5.32 Å². The van der Waals surface area contributed by atoms with Gasteiger partial charge in [0.25, 0.3) is 0 Å². The number of amides is 1. The highest BCUT2D eigenvalue weighted by Crippen LogP contribution is 2.06. The smallest absolute Gasteiger partial charge is 0.407 e. The topological polar surface area (TPSA) is 58.6 Å². The first-order chi connectivity index (χ1) is 5.85. The number of aliphatic hydroxyl groups is 1. The summed E-state index contributed by atoms with van der Waals surface area (Å²) in [6.07, 6.45) is -0.358. The van der Waals surface area contributed by atoms with Crippen molar-refractivity contribution in [2.24, 2.45) is 0 Å². The lowest BCUT2D eigenvalue weighted by molar-refractivity contribution is 0.0490. The SMILES string of the molecule is CC[C@@H](O)CNC(=O)OC(C)(C)C. The minimum absolute atomic E-state index is 0.241. The molecule has 0 aromatic carbocycles. The lowest BCUT2D eigenvalue weighted by Crippen LogP contribution is -2.36. The predicted octanol–water partition coefficient (Wildman–Crippen LogP) is 1.28. The average molecular weight is 189 g/mol. The van der Waals surface area contributed by atoms with Crippen LogP contribution < -0.4 is 5.32 Å². The quantitative estimate of drug-likeness (QED) is 0.703. The van der Waals surface area contributed by atoms with Gasteiger partial charge in [0.05, 0.1) is 6.10 Å². The van der Waals surface area contributed by atoms with Crippen LogP contribution >= 0.6 is 0 Å². The molecule has 2 N–H and O–H groups in total. The van der Waals surface area contributed by atoms with Gasteiger partial charge in [-0.05, 0) is 27.2 Å². The molecule has 0 saturated carbocycles. The first-order valence-corrected chi connectivity index (χ1v) is 4.50. The van der Waals surface area contributed by atoms with Crippen molar-refractivity contribution in [2.45, 2.75) is 45.8 Å². The Balaban J connectivity index is 3.64. The first-order valence-electron chi connectivity index (χ1n) is 4.50. The second kappa shape index (κ2) is 5.07. The Kier molecular flexibility index (Phi) is 4.77. The second-order valence-electron chi connectivity index (χ2n) is 3.94. The van der Waals surface area contributed by atoms with Gasteiger partial charge in [0.1, 0.15) is 5.60 Å². The largest absolute Gasteiger partial charge is 0.444 e. The Labute approximate surface area is 79.3 Å². The minimum atomic E-state index is -0.493. The maximum absolute atomic E-state index is 11.0. The van der Waals surface area contributed by atoms with Crippen molar-refractivity contribution in [3.63, 3.8) is 0 Å². The van der Waals surface area contributed by atoms with E-state index in [9.17, 15) is 4.79 Å². The summed E-state index contributed by atoms with van der Waals surface area (Å²) < 4.78 is 4.97. The van der Waals surface area contributed by atoms with Crippen LogP contribution in [0.25, 0.3) is 0 Å². The number of hydrogen-bond donors (Lipinski definition) is 2. The molecule has 0 aliphatic carbocycles. The number of carbonyl (C=O) groups excluding carboxylic acids is 1. The minimum Gasteiger partial charge on any atom is -0.444 e. The van der Waals surface area contributed by atoms with E-state index in [-0.39, 0.29) is 6.54 Å². The van der Waals surface area contributed by atoms with Crippen LogP contribution in [0.1, 0.15) is 34.1 Å². The Morgan fingerprint density at radius 3 is 2.46 bits per heavy atom. The number of alkyl carbamates (subject to hydrolysis) is 1. The monoisotopic (exact) mass is 189 g/mol. The van der Waals surface area contributed by atoms with Gasteiger partial charge in [0.2, 0.25) is 0 Å². The molecule has 1 amide bonds. The zero-order chi connectivity index (χ0) is 10.5. The lowest BCUT2D eigenvalue weighted by atomic mass is 10.2. The van der Waals surface area contributed by atoms with Crippen molar-refractivity contribution < 1.29 is 14.6 Å². The molecule has 4 heteroatoms. The maximum atomic E-state index is 11.0. The fourth-order valence-corrected chi connectivity index (χ4v) is 0.660. The summed E-state index contributed by atoms with van der Waals surface area (Å²) in [5.41, 5.74) is -0.485. The molecule has 0 fully saturated rings. The molecule has 0 radical (unpaired) electrons. The van der Waals surface area contributed by atoms with Crippen molar-refractivity contribution >= 4 is 6.09 Å². The Morgan fingerprint density at radius 1 is 1.54 bits per heavy atom. The molecule has 0 aromatic heterocycles. The third-order valence-corrected chi connectivity index (χ3v) is 1.35. The molecule has 0 heterocycles. The molecule has 4 nitrogen and oxygen atoms in total. The van der Waals surface area contributed by atoms with Gasteiger partial charge < -0.3 is 15.2 Å². The summed E-state index contributed by atoms with van der Waals surface area (Å²) in [7, 11) is 0. The third kappa shape index (κ3) is 7.59. The van der Waals surface area contributed by atoms with Crippen molar-refractivity contribution in [3.8, 4) is 0 Å². The van der Waals surface area contributed by atoms with Crippen LogP contribution in [0.3, 0.4) is 0 Å². The summed E-state index contributed by atoms with van der Waals surface area (Å²) in [4.78, 5) is 11.0. The van der Waals surface area contributed by atoms with Crippen molar-refractivity contribution in [1.29, 1.82) is 0 Å². The van der Waals surface area contributed by atoms with Gasteiger partial charge in [-0.25, -0.2) is 4.79 Å². The molecule has 0 bridgehead atoms. The Hall–Kier alpha value is -0.770. The number of aliphatic hydroxyl groups excluding tert-OH is 1. The van der Waals surface area contributed by atoms with E-state index in [1.165, 1.54) is 0 Å². The fourth-order valence-electron chi connectivity index (χ4n) is 0.660. The standard InChI is InChI=1S/C9H19NO3/c1-5-7(11)6-10-8(12)13-9(2,3)4/h7,11H,5-6H2,1-4H3,(H,10,12)/t7-/m1/s1. The number of rotatable bonds is 3. The van der Waals surface area contributed by atoms with Crippen molar-refractivity contribution in [3.05, 3.63) is 0 Å². The molecule has 0 aliphatic heterocycles. The van der Waals surface area contributed by atoms with Gasteiger partial charge >= 0.3 is 6.09 Å². The van der Waals surface area contributed by atoms with E-state index in [1.807, 2.05) is 6.92 Å². The Morgan fingerprint density at radius 2 is 2.08 bits per heavy atom. The summed E-state index contributed by atoms with van der Waals surface area (Å²) >= 11 is 0. The molecule has 0 unspecified atom stereocenters. The number of hydrogen-bond acceptors (Lipinski definition) is 3.